The lowest BCUT2D eigenvalue weighted by atomic mass is 9.86. The number of nitrogens with zero attached hydrogens (tertiary/aromatic N) is 1. The van der Waals surface area contributed by atoms with Crippen LogP contribution in [0.1, 0.15) is 27.2 Å². The summed E-state index contributed by atoms with van der Waals surface area (Å²) in [5, 5.41) is 0. The van der Waals surface area contributed by atoms with Gasteiger partial charge in [-0.05, 0) is 50.9 Å². The smallest absolute Gasteiger partial charge is 0.410 e. The molecule has 1 amide bonds. The zero-order valence-electron chi connectivity index (χ0n) is 13.2. The maximum atomic E-state index is 12.0. The summed E-state index contributed by atoms with van der Waals surface area (Å²) in [5.41, 5.74) is -0.383. The van der Waals surface area contributed by atoms with Gasteiger partial charge in [0.05, 0.1) is 7.11 Å². The molecular weight excluding hydrogens is 270 g/mol. The van der Waals surface area contributed by atoms with E-state index < -0.39 is 0 Å². The molecule has 0 aromatic rings. The molecule has 5 nitrogen and oxygen atoms in total. The summed E-state index contributed by atoms with van der Waals surface area (Å²) in [5.74, 6) is 2.82. The standard InChI is InChI=1S/C14H21NO2.C2H4O2/c1-14(2,3)17-13(16)15-7-11-9-4-5-10(6-9)12(11)8-15;1-4-2-3/h4-5,9-12H,6-8H2,1-3H3;2H,1H3/t9?,10?,11-,12+;. The Morgan fingerprint density at radius 3 is 2.05 bits per heavy atom. The highest BCUT2D eigenvalue weighted by Gasteiger charge is 2.50. The molecule has 0 radical (unpaired) electrons. The maximum absolute atomic E-state index is 12.0. The predicted molar refractivity (Wildman–Crippen MR) is 78.6 cm³/mol. The molecule has 2 unspecified atom stereocenters. The first-order valence-electron chi connectivity index (χ1n) is 7.48. The Balaban J connectivity index is 0.000000361. The van der Waals surface area contributed by atoms with Crippen LogP contribution >= 0.6 is 0 Å². The van der Waals surface area contributed by atoms with Crippen LogP contribution in [-0.2, 0) is 14.3 Å². The minimum atomic E-state index is -0.383. The van der Waals surface area contributed by atoms with Gasteiger partial charge in [-0.15, -0.1) is 0 Å². The normalized spacial score (nSPS) is 32.3. The molecule has 0 aromatic carbocycles. The van der Waals surface area contributed by atoms with Gasteiger partial charge in [0, 0.05) is 13.1 Å². The van der Waals surface area contributed by atoms with Gasteiger partial charge in [0.1, 0.15) is 5.60 Å². The SMILES string of the molecule is CC(C)(C)OC(=O)N1C[C@@H]2C3C=CC(C3)[C@@H]2C1.COC=O. The van der Waals surface area contributed by atoms with Gasteiger partial charge in [0.2, 0.25) is 0 Å². The highest BCUT2D eigenvalue weighted by atomic mass is 16.6. The van der Waals surface area contributed by atoms with Gasteiger partial charge in [-0.2, -0.15) is 0 Å². The van der Waals surface area contributed by atoms with E-state index in [-0.39, 0.29) is 11.7 Å². The summed E-state index contributed by atoms with van der Waals surface area (Å²) in [7, 11) is 1.31. The first kappa shape index (κ1) is 15.9. The molecule has 0 N–H and O–H groups in total. The van der Waals surface area contributed by atoms with Crippen molar-refractivity contribution in [2.45, 2.75) is 32.8 Å². The van der Waals surface area contributed by atoms with Crippen LogP contribution in [0, 0.1) is 23.7 Å². The summed E-state index contributed by atoms with van der Waals surface area (Å²) in [6.45, 7) is 7.93. The summed E-state index contributed by atoms with van der Waals surface area (Å²) in [6.07, 6.45) is 5.89. The minimum Gasteiger partial charge on any atom is -0.471 e. The number of ether oxygens (including phenoxy) is 2. The number of allylic oxidation sites excluding steroid dienone is 2. The van der Waals surface area contributed by atoms with Gasteiger partial charge < -0.3 is 14.4 Å². The fourth-order valence-electron chi connectivity index (χ4n) is 3.63. The number of fused-ring (bicyclic) bond motifs is 5. The Kier molecular flexibility index (Phi) is 4.59. The van der Waals surface area contributed by atoms with Crippen LogP contribution in [0.3, 0.4) is 0 Å². The molecule has 3 rings (SSSR count). The van der Waals surface area contributed by atoms with Gasteiger partial charge in [-0.1, -0.05) is 12.2 Å². The molecule has 0 aromatic heterocycles. The second-order valence-electron chi connectivity index (χ2n) is 6.99. The van der Waals surface area contributed by atoms with Crippen LogP contribution in [0.25, 0.3) is 0 Å². The van der Waals surface area contributed by atoms with E-state index in [4.69, 9.17) is 9.53 Å². The lowest BCUT2D eigenvalue weighted by Crippen LogP contribution is -2.36. The van der Waals surface area contributed by atoms with Gasteiger partial charge in [0.15, 0.2) is 0 Å². The molecule has 2 fully saturated rings. The van der Waals surface area contributed by atoms with Crippen LogP contribution < -0.4 is 0 Å². The quantitative estimate of drug-likeness (QED) is 0.551. The molecule has 1 aliphatic heterocycles. The first-order chi connectivity index (χ1) is 9.85. The number of rotatable bonds is 1. The number of likely N-dealkylation sites (tertiary alicyclic amines) is 1. The average Bonchev–Trinajstić information content (AvgIpc) is 3.08. The Morgan fingerprint density at radius 2 is 1.67 bits per heavy atom. The van der Waals surface area contributed by atoms with Gasteiger partial charge >= 0.3 is 6.09 Å². The molecule has 21 heavy (non-hydrogen) atoms. The number of methoxy groups -OCH3 is 1. The van der Waals surface area contributed by atoms with Crippen LogP contribution in [0.2, 0.25) is 0 Å². The summed E-state index contributed by atoms with van der Waals surface area (Å²) in [6, 6.07) is 0. The third kappa shape index (κ3) is 3.57. The fraction of sp³-hybridized carbons (Fsp3) is 0.750. The Bertz CT molecular complexity index is 406. The third-order valence-corrected chi connectivity index (χ3v) is 4.41. The number of carbonyl (C=O) groups excluding carboxylic acids is 2. The van der Waals surface area contributed by atoms with Crippen molar-refractivity contribution in [2.24, 2.45) is 23.7 Å². The molecule has 118 valence electrons. The van der Waals surface area contributed by atoms with Crippen molar-refractivity contribution in [2.75, 3.05) is 20.2 Å². The molecule has 3 aliphatic rings. The van der Waals surface area contributed by atoms with E-state index in [1.807, 2.05) is 25.7 Å². The number of hydrogen-bond acceptors (Lipinski definition) is 4. The van der Waals surface area contributed by atoms with Gasteiger partial charge in [-0.3, -0.25) is 4.79 Å². The molecule has 1 saturated heterocycles. The molecule has 2 aliphatic carbocycles. The molecule has 1 heterocycles. The molecule has 4 atom stereocenters. The van der Waals surface area contributed by atoms with Crippen molar-refractivity contribution in [3.8, 4) is 0 Å². The van der Waals surface area contributed by atoms with Crippen molar-refractivity contribution < 1.29 is 19.1 Å². The Morgan fingerprint density at radius 1 is 1.19 bits per heavy atom. The highest BCUT2D eigenvalue weighted by molar-refractivity contribution is 5.68. The minimum absolute atomic E-state index is 0.133. The molecule has 5 heteroatoms. The van der Waals surface area contributed by atoms with Crippen molar-refractivity contribution in [1.82, 2.24) is 4.90 Å². The van der Waals surface area contributed by atoms with Crippen molar-refractivity contribution >= 4 is 12.6 Å². The van der Waals surface area contributed by atoms with E-state index in [0.717, 1.165) is 24.9 Å². The van der Waals surface area contributed by atoms with Crippen molar-refractivity contribution in [1.29, 1.82) is 0 Å². The van der Waals surface area contributed by atoms with E-state index in [9.17, 15) is 4.79 Å². The highest BCUT2D eigenvalue weighted by Crippen LogP contribution is 2.51. The van der Waals surface area contributed by atoms with Crippen LogP contribution in [0.5, 0.6) is 0 Å². The molecule has 1 saturated carbocycles. The van der Waals surface area contributed by atoms with E-state index in [1.54, 1.807) is 0 Å². The predicted octanol–water partition coefficient (Wildman–Crippen LogP) is 2.46. The maximum Gasteiger partial charge on any atom is 0.410 e. The van der Waals surface area contributed by atoms with Crippen LogP contribution in [-0.4, -0.2) is 43.3 Å². The Hall–Kier alpha value is -1.52. The number of amides is 1. The van der Waals surface area contributed by atoms with E-state index in [1.165, 1.54) is 13.5 Å². The first-order valence-corrected chi connectivity index (χ1v) is 7.48. The fourth-order valence-corrected chi connectivity index (χ4v) is 3.63. The van der Waals surface area contributed by atoms with E-state index in [0.29, 0.717) is 18.3 Å². The molecule has 0 spiro atoms. The summed E-state index contributed by atoms with van der Waals surface area (Å²) >= 11 is 0. The van der Waals surface area contributed by atoms with Gasteiger partial charge in [-0.25, -0.2) is 4.79 Å². The summed E-state index contributed by atoms with van der Waals surface area (Å²) in [4.78, 5) is 22.9. The molecular formula is C16H25NO4. The van der Waals surface area contributed by atoms with E-state index in [2.05, 4.69) is 16.9 Å². The van der Waals surface area contributed by atoms with Crippen molar-refractivity contribution in [3.05, 3.63) is 12.2 Å². The monoisotopic (exact) mass is 295 g/mol. The zero-order chi connectivity index (χ0) is 15.6. The lowest BCUT2D eigenvalue weighted by Gasteiger charge is -2.25. The average molecular weight is 295 g/mol. The van der Waals surface area contributed by atoms with Crippen molar-refractivity contribution in [3.63, 3.8) is 0 Å². The second kappa shape index (κ2) is 6.08. The van der Waals surface area contributed by atoms with Gasteiger partial charge in [0.25, 0.3) is 6.47 Å². The number of carbonyl (C=O) groups is 2. The lowest BCUT2D eigenvalue weighted by molar-refractivity contribution is -0.126. The second-order valence-corrected chi connectivity index (χ2v) is 6.99. The topological polar surface area (TPSA) is 55.8 Å². The third-order valence-electron chi connectivity index (χ3n) is 4.41. The Labute approximate surface area is 126 Å². The summed E-state index contributed by atoms with van der Waals surface area (Å²) < 4.78 is 9.31. The molecule has 2 bridgehead atoms. The largest absolute Gasteiger partial charge is 0.471 e. The van der Waals surface area contributed by atoms with Crippen LogP contribution in [0.15, 0.2) is 12.2 Å². The number of hydrogen-bond donors (Lipinski definition) is 0. The van der Waals surface area contributed by atoms with E-state index >= 15 is 0 Å². The zero-order valence-corrected chi connectivity index (χ0v) is 13.2. The van der Waals surface area contributed by atoms with Crippen LogP contribution in [0.4, 0.5) is 4.79 Å².